The molecule has 0 bridgehead atoms. The maximum absolute atomic E-state index is 12.9. The smallest absolute Gasteiger partial charge is 0.326 e. The summed E-state index contributed by atoms with van der Waals surface area (Å²) >= 11 is 0. The molecule has 1 heterocycles. The number of aromatic nitrogens is 1. The van der Waals surface area contributed by atoms with Crippen LogP contribution in [0.1, 0.15) is 29.8 Å². The number of benzene rings is 1. The number of nitrogens with zero attached hydrogens (tertiary/aromatic N) is 2. The maximum atomic E-state index is 12.9. The van der Waals surface area contributed by atoms with Gasteiger partial charge in [0.05, 0.1) is 0 Å². The highest BCUT2D eigenvalue weighted by Gasteiger charge is 2.26. The zero-order valence-corrected chi connectivity index (χ0v) is 15.8. The number of amides is 2. The largest absolute Gasteiger partial charge is 0.489 e. The van der Waals surface area contributed by atoms with Crippen LogP contribution in [0.5, 0.6) is 5.75 Å². The fourth-order valence-electron chi connectivity index (χ4n) is 2.49. The fourth-order valence-corrected chi connectivity index (χ4v) is 2.49. The first-order chi connectivity index (χ1) is 13.4. The van der Waals surface area contributed by atoms with Crippen LogP contribution in [0.4, 0.5) is 0 Å². The number of carbonyl (C=O) groups is 3. The fraction of sp³-hybridized carbons (Fsp3) is 0.300. The predicted octanol–water partition coefficient (Wildman–Crippen LogP) is 1.71. The topological polar surface area (TPSA) is 109 Å². The van der Waals surface area contributed by atoms with Crippen molar-refractivity contribution in [2.24, 2.45) is 0 Å². The minimum Gasteiger partial charge on any atom is -0.489 e. The maximum Gasteiger partial charge on any atom is 0.326 e. The average molecular weight is 385 g/mol. The van der Waals surface area contributed by atoms with E-state index < -0.39 is 17.9 Å². The highest BCUT2D eigenvalue weighted by molar-refractivity contribution is 5.97. The molecule has 28 heavy (non-hydrogen) atoms. The molecule has 2 aromatic rings. The van der Waals surface area contributed by atoms with Gasteiger partial charge >= 0.3 is 5.97 Å². The number of rotatable bonds is 9. The van der Waals surface area contributed by atoms with E-state index >= 15 is 0 Å². The van der Waals surface area contributed by atoms with Crippen molar-refractivity contribution in [2.45, 2.75) is 26.5 Å². The van der Waals surface area contributed by atoms with E-state index in [1.54, 1.807) is 42.7 Å². The molecule has 1 atom stereocenters. The minimum atomic E-state index is -1.12. The van der Waals surface area contributed by atoms with Gasteiger partial charge in [-0.15, -0.1) is 0 Å². The van der Waals surface area contributed by atoms with E-state index in [2.05, 4.69) is 10.3 Å². The lowest BCUT2D eigenvalue weighted by Gasteiger charge is -2.26. The molecule has 2 amide bonds. The first-order valence-corrected chi connectivity index (χ1v) is 8.78. The molecule has 2 N–H and O–H groups in total. The van der Waals surface area contributed by atoms with Gasteiger partial charge in [0, 0.05) is 43.5 Å². The van der Waals surface area contributed by atoms with Crippen molar-refractivity contribution in [2.75, 3.05) is 13.1 Å². The second kappa shape index (κ2) is 10.1. The number of carboxylic acid groups (broad SMARTS) is 1. The van der Waals surface area contributed by atoms with E-state index in [4.69, 9.17) is 4.74 Å². The molecule has 2 rings (SSSR count). The summed E-state index contributed by atoms with van der Waals surface area (Å²) in [6, 6.07) is 9.19. The molecule has 0 aliphatic rings. The Morgan fingerprint density at radius 3 is 2.68 bits per heavy atom. The monoisotopic (exact) mass is 385 g/mol. The number of pyridine rings is 1. The molecule has 1 aromatic carbocycles. The van der Waals surface area contributed by atoms with Crippen molar-refractivity contribution in [1.29, 1.82) is 0 Å². The summed E-state index contributed by atoms with van der Waals surface area (Å²) in [4.78, 5) is 40.5. The quantitative estimate of drug-likeness (QED) is 0.680. The number of ether oxygens (including phenoxy) is 1. The molecule has 0 aliphatic carbocycles. The number of carboxylic acids is 1. The Balaban J connectivity index is 2.11. The summed E-state index contributed by atoms with van der Waals surface area (Å²) < 4.78 is 5.70. The van der Waals surface area contributed by atoms with Crippen LogP contribution in [-0.4, -0.2) is 51.9 Å². The third-order valence-corrected chi connectivity index (χ3v) is 4.02. The second-order valence-corrected chi connectivity index (χ2v) is 6.17. The lowest BCUT2D eigenvalue weighted by atomic mass is 10.1. The summed E-state index contributed by atoms with van der Waals surface area (Å²) in [5, 5.41) is 11.9. The van der Waals surface area contributed by atoms with E-state index in [0.717, 1.165) is 5.56 Å². The number of aliphatic carboxylic acids is 1. The van der Waals surface area contributed by atoms with Crippen LogP contribution in [0.15, 0.2) is 48.8 Å². The Bertz CT molecular complexity index is 826. The van der Waals surface area contributed by atoms with Gasteiger partial charge in [0.2, 0.25) is 5.91 Å². The molecule has 1 aromatic heterocycles. The first kappa shape index (κ1) is 20.9. The summed E-state index contributed by atoms with van der Waals surface area (Å²) in [6.07, 6.45) is 3.36. The van der Waals surface area contributed by atoms with E-state index in [0.29, 0.717) is 17.9 Å². The van der Waals surface area contributed by atoms with Crippen molar-refractivity contribution >= 4 is 17.8 Å². The number of nitrogens with one attached hydrogen (secondary N) is 1. The van der Waals surface area contributed by atoms with E-state index in [1.165, 1.54) is 18.7 Å². The summed E-state index contributed by atoms with van der Waals surface area (Å²) in [7, 11) is 0. The Morgan fingerprint density at radius 1 is 1.25 bits per heavy atom. The summed E-state index contributed by atoms with van der Waals surface area (Å²) in [5.74, 6) is -1.34. The van der Waals surface area contributed by atoms with Gasteiger partial charge in [-0.05, 0) is 31.2 Å². The Labute approximate surface area is 163 Å². The number of hydrogen-bond acceptors (Lipinski definition) is 5. The molecule has 1 unspecified atom stereocenters. The van der Waals surface area contributed by atoms with Crippen LogP contribution in [0.2, 0.25) is 0 Å². The Kier molecular flexibility index (Phi) is 7.50. The predicted molar refractivity (Wildman–Crippen MR) is 102 cm³/mol. The normalized spacial score (nSPS) is 11.4. The third kappa shape index (κ3) is 6.08. The highest BCUT2D eigenvalue weighted by Crippen LogP contribution is 2.17. The van der Waals surface area contributed by atoms with Crippen LogP contribution >= 0.6 is 0 Å². The number of hydrogen-bond donors (Lipinski definition) is 2. The van der Waals surface area contributed by atoms with E-state index in [-0.39, 0.29) is 19.0 Å². The molecule has 8 nitrogen and oxygen atoms in total. The molecular weight excluding hydrogens is 362 g/mol. The summed E-state index contributed by atoms with van der Waals surface area (Å²) in [5.41, 5.74) is 1.19. The number of carbonyl (C=O) groups excluding carboxylic acids is 2. The average Bonchev–Trinajstić information content (AvgIpc) is 2.69. The van der Waals surface area contributed by atoms with Crippen LogP contribution in [0.25, 0.3) is 0 Å². The highest BCUT2D eigenvalue weighted by atomic mass is 16.5. The van der Waals surface area contributed by atoms with Gasteiger partial charge in [-0.1, -0.05) is 12.1 Å². The van der Waals surface area contributed by atoms with Crippen molar-refractivity contribution < 1.29 is 24.2 Å². The Morgan fingerprint density at radius 2 is 2.04 bits per heavy atom. The van der Waals surface area contributed by atoms with Crippen LogP contribution in [0, 0.1) is 0 Å². The van der Waals surface area contributed by atoms with E-state index in [1.807, 2.05) is 6.07 Å². The molecule has 8 heteroatoms. The lowest BCUT2D eigenvalue weighted by molar-refractivity contribution is -0.141. The lowest BCUT2D eigenvalue weighted by Crippen LogP contribution is -2.46. The van der Waals surface area contributed by atoms with Gasteiger partial charge in [0.15, 0.2) is 0 Å². The van der Waals surface area contributed by atoms with Gasteiger partial charge in [0.1, 0.15) is 18.4 Å². The van der Waals surface area contributed by atoms with Gasteiger partial charge < -0.3 is 20.1 Å². The van der Waals surface area contributed by atoms with E-state index in [9.17, 15) is 19.5 Å². The van der Waals surface area contributed by atoms with Gasteiger partial charge in [0.25, 0.3) is 5.91 Å². The Hall–Kier alpha value is -3.42. The van der Waals surface area contributed by atoms with Crippen LogP contribution in [0.3, 0.4) is 0 Å². The zero-order chi connectivity index (χ0) is 20.5. The van der Waals surface area contributed by atoms with Crippen molar-refractivity contribution in [3.63, 3.8) is 0 Å². The molecule has 0 radical (unpaired) electrons. The third-order valence-electron chi connectivity index (χ3n) is 4.02. The molecule has 0 spiro atoms. The standard InChI is InChI=1S/C20H23N3O5/c1-14(20(26)27)23(10-9-22-15(2)24)19(25)17-6-3-7-18(11-17)28-13-16-5-4-8-21-12-16/h3-8,11-12,14H,9-10,13H2,1-2H3,(H,22,24)(H,26,27). The molecule has 148 valence electrons. The molecule has 0 saturated carbocycles. The minimum absolute atomic E-state index is 0.0760. The van der Waals surface area contributed by atoms with Gasteiger partial charge in [-0.25, -0.2) is 4.79 Å². The molecule has 0 saturated heterocycles. The molecular formula is C20H23N3O5. The van der Waals surface area contributed by atoms with Crippen LogP contribution in [-0.2, 0) is 16.2 Å². The SMILES string of the molecule is CC(=O)NCCN(C(=O)c1cccc(OCc2cccnc2)c1)C(C)C(=O)O. The van der Waals surface area contributed by atoms with Crippen molar-refractivity contribution in [1.82, 2.24) is 15.2 Å². The van der Waals surface area contributed by atoms with Crippen molar-refractivity contribution in [3.8, 4) is 5.75 Å². The second-order valence-electron chi connectivity index (χ2n) is 6.17. The first-order valence-electron chi connectivity index (χ1n) is 8.78. The molecule has 0 fully saturated rings. The van der Waals surface area contributed by atoms with Crippen LogP contribution < -0.4 is 10.1 Å². The van der Waals surface area contributed by atoms with Gasteiger partial charge in [-0.3, -0.25) is 14.6 Å². The van der Waals surface area contributed by atoms with Gasteiger partial charge in [-0.2, -0.15) is 0 Å². The molecule has 0 aliphatic heterocycles. The zero-order valence-electron chi connectivity index (χ0n) is 15.8. The summed E-state index contributed by atoms with van der Waals surface area (Å²) in [6.45, 7) is 3.32. The van der Waals surface area contributed by atoms with Crippen molar-refractivity contribution in [3.05, 3.63) is 59.9 Å².